The summed E-state index contributed by atoms with van der Waals surface area (Å²) in [5.41, 5.74) is 1.05. The third-order valence-electron chi connectivity index (χ3n) is 7.30. The third kappa shape index (κ3) is 4.35. The molecule has 1 aliphatic carbocycles. The van der Waals surface area contributed by atoms with Crippen LogP contribution < -0.4 is 25.8 Å². The van der Waals surface area contributed by atoms with Crippen LogP contribution in [0.4, 0.5) is 36.1 Å². The highest BCUT2D eigenvalue weighted by Gasteiger charge is 2.51. The third-order valence-corrected chi connectivity index (χ3v) is 7.30. The summed E-state index contributed by atoms with van der Waals surface area (Å²) in [7, 11) is 1.57. The van der Waals surface area contributed by atoms with E-state index in [-0.39, 0.29) is 29.1 Å². The van der Waals surface area contributed by atoms with Gasteiger partial charge in [0, 0.05) is 37.3 Å². The number of hydrogen-bond acceptors (Lipinski definition) is 7. The number of hydrogen-bond donors (Lipinski definition) is 2. The Morgan fingerprint density at radius 3 is 2.81 bits per heavy atom. The fourth-order valence-corrected chi connectivity index (χ4v) is 5.16. The molecule has 196 valence electrons. The number of aryl methyl sites for hydroxylation is 1. The molecule has 1 saturated carbocycles. The molecule has 3 aliphatic rings. The van der Waals surface area contributed by atoms with Crippen LogP contribution in [0.15, 0.2) is 35.3 Å². The molecule has 4 heterocycles. The van der Waals surface area contributed by atoms with Crippen LogP contribution in [0.1, 0.15) is 19.8 Å². The summed E-state index contributed by atoms with van der Waals surface area (Å²) in [6.45, 7) is 2.97. The Bertz CT molecular complexity index is 1420. The minimum absolute atomic E-state index is 0.0426. The van der Waals surface area contributed by atoms with E-state index in [0.717, 1.165) is 0 Å². The van der Waals surface area contributed by atoms with Gasteiger partial charge in [0.1, 0.15) is 5.82 Å². The smallest absolute Gasteiger partial charge is 0.301 e. The maximum Gasteiger partial charge on any atom is 0.301 e. The van der Waals surface area contributed by atoms with Crippen molar-refractivity contribution in [2.45, 2.75) is 37.8 Å². The van der Waals surface area contributed by atoms with Crippen molar-refractivity contribution in [2.24, 2.45) is 13.0 Å². The predicted octanol–water partition coefficient (Wildman–Crippen LogP) is 4.26. The Balaban J connectivity index is 1.39. The standard InChI is InChI=1S/C26H28F3N5O3/c1-14-12-34(7-8-36-14)21-10-19(18(27)11-30-21)31-16-5-6-20-17(9-16)22-23(25(35)33(20)2)37-13-26(28,29)24(32-22)15-3-4-15/h5-6,9-11,14-15,24,32H,3-4,7-8,12-13H2,1-2H3,(H,30,31)/t14-,24-/m0/s1. The van der Waals surface area contributed by atoms with Crippen molar-refractivity contribution < 1.29 is 22.6 Å². The molecular weight excluding hydrogens is 487 g/mol. The molecule has 0 spiro atoms. The van der Waals surface area contributed by atoms with Gasteiger partial charge < -0.3 is 29.6 Å². The van der Waals surface area contributed by atoms with Crippen LogP contribution in [0.5, 0.6) is 5.75 Å². The lowest BCUT2D eigenvalue weighted by atomic mass is 10.0. The first-order chi connectivity index (χ1) is 17.7. The van der Waals surface area contributed by atoms with E-state index in [1.807, 2.05) is 11.8 Å². The molecule has 1 saturated heterocycles. The second-order valence-corrected chi connectivity index (χ2v) is 10.1. The Hall–Kier alpha value is -3.47. The lowest BCUT2D eigenvalue weighted by Crippen LogP contribution is -2.44. The van der Waals surface area contributed by atoms with Crippen molar-refractivity contribution in [1.82, 2.24) is 9.55 Å². The molecule has 8 nitrogen and oxygen atoms in total. The first-order valence-electron chi connectivity index (χ1n) is 12.4. The van der Waals surface area contributed by atoms with Crippen LogP contribution >= 0.6 is 0 Å². The van der Waals surface area contributed by atoms with Crippen molar-refractivity contribution >= 4 is 33.8 Å². The lowest BCUT2D eigenvalue weighted by molar-refractivity contribution is -0.0579. The number of anilines is 4. The maximum atomic E-state index is 14.9. The summed E-state index contributed by atoms with van der Waals surface area (Å²) < 4.78 is 56.9. The fourth-order valence-electron chi connectivity index (χ4n) is 5.16. The van der Waals surface area contributed by atoms with E-state index in [9.17, 15) is 18.0 Å². The van der Waals surface area contributed by atoms with E-state index in [4.69, 9.17) is 9.47 Å². The first-order valence-corrected chi connectivity index (χ1v) is 12.4. The molecule has 1 aromatic carbocycles. The van der Waals surface area contributed by atoms with Gasteiger partial charge >= 0.3 is 5.92 Å². The van der Waals surface area contributed by atoms with Crippen LogP contribution in [0.2, 0.25) is 0 Å². The molecule has 2 aromatic heterocycles. The van der Waals surface area contributed by atoms with Crippen LogP contribution in [0.3, 0.4) is 0 Å². The summed E-state index contributed by atoms with van der Waals surface area (Å²) in [4.78, 5) is 19.3. The molecular formula is C26H28F3N5O3. The summed E-state index contributed by atoms with van der Waals surface area (Å²) in [6.07, 6.45) is 2.61. The van der Waals surface area contributed by atoms with E-state index >= 15 is 0 Å². The number of halogens is 3. The second-order valence-electron chi connectivity index (χ2n) is 10.1. The number of fused-ring (bicyclic) bond motifs is 3. The minimum Gasteiger partial charge on any atom is -0.480 e. The number of pyridine rings is 2. The highest BCUT2D eigenvalue weighted by molar-refractivity contribution is 5.97. The van der Waals surface area contributed by atoms with Crippen LogP contribution in [0.25, 0.3) is 10.9 Å². The number of rotatable bonds is 4. The molecule has 6 rings (SSSR count). The number of nitrogens with zero attached hydrogens (tertiary/aromatic N) is 3. The summed E-state index contributed by atoms with van der Waals surface area (Å²) in [5.74, 6) is -3.34. The molecule has 2 aliphatic heterocycles. The van der Waals surface area contributed by atoms with Gasteiger partial charge in [-0.2, -0.15) is 0 Å². The van der Waals surface area contributed by atoms with Crippen molar-refractivity contribution in [3.05, 3.63) is 46.6 Å². The predicted molar refractivity (Wildman–Crippen MR) is 135 cm³/mol. The van der Waals surface area contributed by atoms with Gasteiger partial charge in [0.05, 0.1) is 41.8 Å². The van der Waals surface area contributed by atoms with E-state index < -0.39 is 29.9 Å². The average Bonchev–Trinajstić information content (AvgIpc) is 3.71. The van der Waals surface area contributed by atoms with Gasteiger partial charge in [-0.05, 0) is 43.9 Å². The number of morpholine rings is 1. The molecule has 0 unspecified atom stereocenters. The topological polar surface area (TPSA) is 80.7 Å². The normalized spacial score (nSPS) is 23.1. The Morgan fingerprint density at radius 1 is 1.24 bits per heavy atom. The monoisotopic (exact) mass is 515 g/mol. The number of aromatic nitrogens is 2. The zero-order valence-electron chi connectivity index (χ0n) is 20.6. The van der Waals surface area contributed by atoms with Crippen molar-refractivity contribution in [3.63, 3.8) is 0 Å². The van der Waals surface area contributed by atoms with Crippen LogP contribution in [-0.4, -0.2) is 53.9 Å². The fraction of sp³-hybridized carbons (Fsp3) is 0.462. The first kappa shape index (κ1) is 23.9. The maximum absolute atomic E-state index is 14.9. The Labute approximate surface area is 211 Å². The van der Waals surface area contributed by atoms with Gasteiger partial charge in [-0.15, -0.1) is 0 Å². The minimum atomic E-state index is -3.12. The Morgan fingerprint density at radius 2 is 2.05 bits per heavy atom. The number of ether oxygens (including phenoxy) is 2. The van der Waals surface area contributed by atoms with Gasteiger partial charge in [0.25, 0.3) is 5.56 Å². The Kier molecular flexibility index (Phi) is 5.70. The zero-order valence-corrected chi connectivity index (χ0v) is 20.6. The van der Waals surface area contributed by atoms with E-state index in [2.05, 4.69) is 15.6 Å². The molecule has 0 radical (unpaired) electrons. The van der Waals surface area contributed by atoms with Gasteiger partial charge in [0.15, 0.2) is 12.4 Å². The molecule has 11 heteroatoms. The summed E-state index contributed by atoms with van der Waals surface area (Å²) in [5, 5.41) is 6.59. The van der Waals surface area contributed by atoms with E-state index in [1.54, 1.807) is 31.3 Å². The lowest BCUT2D eigenvalue weighted by Gasteiger charge is -2.32. The average molecular weight is 516 g/mol. The van der Waals surface area contributed by atoms with Crippen molar-refractivity contribution in [1.29, 1.82) is 0 Å². The van der Waals surface area contributed by atoms with Crippen molar-refractivity contribution in [2.75, 3.05) is 41.8 Å². The van der Waals surface area contributed by atoms with Crippen molar-refractivity contribution in [3.8, 4) is 5.75 Å². The number of benzene rings is 1. The van der Waals surface area contributed by atoms with Gasteiger partial charge in [-0.25, -0.2) is 18.2 Å². The quantitative estimate of drug-likeness (QED) is 0.538. The molecule has 37 heavy (non-hydrogen) atoms. The van der Waals surface area contributed by atoms with E-state index in [0.29, 0.717) is 54.9 Å². The molecule has 2 atom stereocenters. The number of nitrogens with one attached hydrogen (secondary N) is 2. The van der Waals surface area contributed by atoms with Gasteiger partial charge in [-0.3, -0.25) is 4.79 Å². The second kappa shape index (κ2) is 8.83. The van der Waals surface area contributed by atoms with Gasteiger partial charge in [-0.1, -0.05) is 0 Å². The highest BCUT2D eigenvalue weighted by Crippen LogP contribution is 2.45. The SMILES string of the molecule is C[C@H]1CN(c2cc(Nc3ccc4c(c3)c3c(c(=O)n4C)OCC(F)(F)[C@H](C4CC4)N3)c(F)cn2)CCO1. The summed E-state index contributed by atoms with van der Waals surface area (Å²) >= 11 is 0. The molecule has 2 fully saturated rings. The van der Waals surface area contributed by atoms with Crippen LogP contribution in [-0.2, 0) is 11.8 Å². The van der Waals surface area contributed by atoms with E-state index in [1.165, 1.54) is 10.8 Å². The molecule has 3 aromatic rings. The zero-order chi connectivity index (χ0) is 25.9. The largest absolute Gasteiger partial charge is 0.480 e. The number of alkyl halides is 2. The molecule has 0 bridgehead atoms. The van der Waals surface area contributed by atoms with Gasteiger partial charge in [0.2, 0.25) is 5.75 Å². The van der Waals surface area contributed by atoms with Crippen LogP contribution in [0, 0.1) is 11.7 Å². The highest BCUT2D eigenvalue weighted by atomic mass is 19.3. The molecule has 2 N–H and O–H groups in total. The summed E-state index contributed by atoms with van der Waals surface area (Å²) in [6, 6.07) is 5.66. The molecule has 0 amide bonds.